The minimum Gasteiger partial charge on any atom is -0.454 e. The molecule has 0 atom stereocenters. The number of Topliss-reactive ketones (excluding diaryl/α,β-unsaturated/α-hetero) is 1. The zero-order valence-electron chi connectivity index (χ0n) is 16.7. The number of ether oxygens (including phenoxy) is 1. The highest BCUT2D eigenvalue weighted by atomic mass is 32.2. The first kappa shape index (κ1) is 20.7. The first-order valence-corrected chi connectivity index (χ1v) is 10.6. The fourth-order valence-corrected chi connectivity index (χ4v) is 3.50. The van der Waals surface area contributed by atoms with Crippen LogP contribution in [0.25, 0.3) is 22.4 Å². The van der Waals surface area contributed by atoms with Crippen LogP contribution in [0.4, 0.5) is 4.39 Å². The molecule has 8 heteroatoms. The van der Waals surface area contributed by atoms with Crippen LogP contribution in [0.5, 0.6) is 0 Å². The zero-order chi connectivity index (χ0) is 22.0. The van der Waals surface area contributed by atoms with Gasteiger partial charge in [-0.2, -0.15) is 0 Å². The molecule has 2 aromatic carbocycles. The molecule has 0 unspecified atom stereocenters. The lowest BCUT2D eigenvalue weighted by Crippen LogP contribution is -2.15. The summed E-state index contributed by atoms with van der Waals surface area (Å²) in [5.74, 6) is -1.40. The van der Waals surface area contributed by atoms with Crippen molar-refractivity contribution in [2.45, 2.75) is 11.8 Å². The lowest BCUT2D eigenvalue weighted by Gasteiger charge is -2.08. The summed E-state index contributed by atoms with van der Waals surface area (Å²) in [6, 6.07) is 14.3. The fourth-order valence-electron chi connectivity index (χ4n) is 3.09. The maximum absolute atomic E-state index is 13.3. The molecule has 2 heterocycles. The number of carbonyl (C=O) groups is 2. The van der Waals surface area contributed by atoms with Crippen LogP contribution in [0, 0.1) is 12.7 Å². The van der Waals surface area contributed by atoms with Gasteiger partial charge in [-0.15, -0.1) is 11.8 Å². The molecule has 0 aliphatic carbocycles. The number of esters is 1. The Kier molecular flexibility index (Phi) is 5.81. The van der Waals surface area contributed by atoms with E-state index >= 15 is 0 Å². The third kappa shape index (κ3) is 4.34. The Balaban J connectivity index is 1.61. The van der Waals surface area contributed by atoms with Gasteiger partial charge >= 0.3 is 5.97 Å². The number of aromatic nitrogens is 2. The van der Waals surface area contributed by atoms with Crippen molar-refractivity contribution in [2.75, 3.05) is 12.9 Å². The van der Waals surface area contributed by atoms with E-state index in [0.717, 1.165) is 4.90 Å². The Bertz CT molecular complexity index is 1270. The minimum atomic E-state index is -0.698. The molecule has 156 valence electrons. The molecule has 0 aliphatic heterocycles. The Labute approximate surface area is 181 Å². The molecule has 0 bridgehead atoms. The predicted octanol–water partition coefficient (Wildman–Crippen LogP) is 5.10. The molecular weight excluding hydrogens is 419 g/mol. The third-order valence-electron chi connectivity index (χ3n) is 4.72. The average Bonchev–Trinajstić information content (AvgIpc) is 3.18. The Morgan fingerprint density at radius 3 is 2.48 bits per heavy atom. The molecule has 0 saturated heterocycles. The van der Waals surface area contributed by atoms with E-state index in [1.54, 1.807) is 43.0 Å². The largest absolute Gasteiger partial charge is 0.454 e. The van der Waals surface area contributed by atoms with Crippen LogP contribution in [0.1, 0.15) is 26.4 Å². The number of pyridine rings is 1. The number of hydrogen-bond acceptors (Lipinski definition) is 7. The van der Waals surface area contributed by atoms with Gasteiger partial charge in [-0.3, -0.25) is 4.79 Å². The minimum absolute atomic E-state index is 0.158. The highest BCUT2D eigenvalue weighted by Crippen LogP contribution is 2.28. The zero-order valence-corrected chi connectivity index (χ0v) is 17.5. The van der Waals surface area contributed by atoms with E-state index in [0.29, 0.717) is 27.9 Å². The number of thioether (sulfide) groups is 1. The second-order valence-corrected chi connectivity index (χ2v) is 7.62. The number of halogens is 1. The molecule has 0 spiro atoms. The second-order valence-electron chi connectivity index (χ2n) is 6.74. The highest BCUT2D eigenvalue weighted by molar-refractivity contribution is 7.98. The molecule has 0 fully saturated rings. The van der Waals surface area contributed by atoms with Gasteiger partial charge in [0.15, 0.2) is 12.4 Å². The van der Waals surface area contributed by atoms with Gasteiger partial charge in [-0.05, 0) is 55.6 Å². The van der Waals surface area contributed by atoms with Crippen molar-refractivity contribution in [3.8, 4) is 11.3 Å². The van der Waals surface area contributed by atoms with Crippen LogP contribution in [-0.4, -0.2) is 34.8 Å². The summed E-state index contributed by atoms with van der Waals surface area (Å²) in [4.78, 5) is 30.7. The molecular formula is C23H17FN2O4S. The van der Waals surface area contributed by atoms with Crippen molar-refractivity contribution >= 4 is 34.6 Å². The molecule has 0 radical (unpaired) electrons. The van der Waals surface area contributed by atoms with Gasteiger partial charge in [0.05, 0.1) is 22.3 Å². The third-order valence-corrected chi connectivity index (χ3v) is 5.47. The van der Waals surface area contributed by atoms with E-state index in [1.165, 1.54) is 18.2 Å². The average molecular weight is 436 g/mol. The predicted molar refractivity (Wildman–Crippen MR) is 115 cm³/mol. The fraction of sp³-hybridized carbons (Fsp3) is 0.130. The highest BCUT2D eigenvalue weighted by Gasteiger charge is 2.21. The summed E-state index contributed by atoms with van der Waals surface area (Å²) in [6.07, 6.45) is 1.95. The SMILES string of the molecule is CSc1ccc(C(=O)COC(=O)c2cc(-c3ccc(F)cc3)nc3onc(C)c23)cc1. The first-order valence-electron chi connectivity index (χ1n) is 9.33. The van der Waals surface area contributed by atoms with E-state index in [1.807, 2.05) is 18.4 Å². The number of hydrogen-bond donors (Lipinski definition) is 0. The van der Waals surface area contributed by atoms with Crippen LogP contribution in [-0.2, 0) is 4.74 Å². The summed E-state index contributed by atoms with van der Waals surface area (Å²) in [5.41, 5.74) is 2.25. The molecule has 6 nitrogen and oxygen atoms in total. The van der Waals surface area contributed by atoms with Crippen LogP contribution in [0.2, 0.25) is 0 Å². The summed E-state index contributed by atoms with van der Waals surface area (Å²) in [5, 5.41) is 4.28. The van der Waals surface area contributed by atoms with E-state index in [2.05, 4.69) is 10.1 Å². The van der Waals surface area contributed by atoms with Gasteiger partial charge in [0, 0.05) is 16.0 Å². The normalized spacial score (nSPS) is 10.9. The maximum Gasteiger partial charge on any atom is 0.339 e. The van der Waals surface area contributed by atoms with Gasteiger partial charge in [0.25, 0.3) is 5.71 Å². The number of carbonyl (C=O) groups excluding carboxylic acids is 2. The Morgan fingerprint density at radius 2 is 1.81 bits per heavy atom. The monoisotopic (exact) mass is 436 g/mol. The van der Waals surface area contributed by atoms with Crippen molar-refractivity contribution in [1.29, 1.82) is 0 Å². The van der Waals surface area contributed by atoms with E-state index < -0.39 is 12.6 Å². The molecule has 4 rings (SSSR count). The van der Waals surface area contributed by atoms with Crippen LogP contribution >= 0.6 is 11.8 Å². The number of aryl methyl sites for hydroxylation is 1. The number of ketones is 1. The van der Waals surface area contributed by atoms with Gasteiger partial charge in [-0.1, -0.05) is 17.3 Å². The van der Waals surface area contributed by atoms with E-state index in [9.17, 15) is 14.0 Å². The van der Waals surface area contributed by atoms with Gasteiger partial charge < -0.3 is 9.26 Å². The van der Waals surface area contributed by atoms with Crippen molar-refractivity contribution < 1.29 is 23.2 Å². The van der Waals surface area contributed by atoms with Gasteiger partial charge in [-0.25, -0.2) is 14.2 Å². The molecule has 4 aromatic rings. The summed E-state index contributed by atoms with van der Waals surface area (Å²) in [7, 11) is 0. The topological polar surface area (TPSA) is 82.3 Å². The molecule has 0 aliphatic rings. The first-order chi connectivity index (χ1) is 15.0. The standard InChI is InChI=1S/C23H17FN2O4S/c1-13-21-18(23(28)29-12-20(27)15-5-9-17(31-2)10-6-15)11-19(25-22(21)30-26-13)14-3-7-16(24)8-4-14/h3-11H,12H2,1-2H3. The van der Waals surface area contributed by atoms with Crippen LogP contribution in [0.15, 0.2) is 64.0 Å². The van der Waals surface area contributed by atoms with Crippen molar-refractivity contribution in [3.63, 3.8) is 0 Å². The van der Waals surface area contributed by atoms with E-state index in [4.69, 9.17) is 9.26 Å². The summed E-state index contributed by atoms with van der Waals surface area (Å²) >= 11 is 1.57. The quantitative estimate of drug-likeness (QED) is 0.236. The Morgan fingerprint density at radius 1 is 1.10 bits per heavy atom. The molecule has 2 aromatic heterocycles. The number of nitrogens with zero attached hydrogens (tertiary/aromatic N) is 2. The molecule has 0 N–H and O–H groups in total. The van der Waals surface area contributed by atoms with Crippen LogP contribution in [0.3, 0.4) is 0 Å². The van der Waals surface area contributed by atoms with Gasteiger partial charge in [0.2, 0.25) is 0 Å². The number of fused-ring (bicyclic) bond motifs is 1. The second kappa shape index (κ2) is 8.69. The number of benzene rings is 2. The van der Waals surface area contributed by atoms with Crippen molar-refractivity contribution in [1.82, 2.24) is 10.1 Å². The number of rotatable bonds is 6. The summed E-state index contributed by atoms with van der Waals surface area (Å²) < 4.78 is 23.8. The van der Waals surface area contributed by atoms with E-state index in [-0.39, 0.29) is 22.9 Å². The van der Waals surface area contributed by atoms with Crippen LogP contribution < -0.4 is 0 Å². The lowest BCUT2D eigenvalue weighted by atomic mass is 10.1. The molecule has 31 heavy (non-hydrogen) atoms. The Hall–Kier alpha value is -3.52. The lowest BCUT2D eigenvalue weighted by molar-refractivity contribution is 0.0476. The van der Waals surface area contributed by atoms with Crippen molar-refractivity contribution in [3.05, 3.63) is 77.2 Å². The summed E-state index contributed by atoms with van der Waals surface area (Å²) in [6.45, 7) is 1.28. The smallest absolute Gasteiger partial charge is 0.339 e. The van der Waals surface area contributed by atoms with Gasteiger partial charge in [0.1, 0.15) is 5.82 Å². The molecule has 0 amide bonds. The molecule has 0 saturated carbocycles. The maximum atomic E-state index is 13.3. The van der Waals surface area contributed by atoms with Crippen molar-refractivity contribution in [2.24, 2.45) is 0 Å².